The second kappa shape index (κ2) is 6.94. The van der Waals surface area contributed by atoms with Crippen LogP contribution in [-0.4, -0.2) is 47.7 Å². The van der Waals surface area contributed by atoms with Crippen molar-refractivity contribution < 1.29 is 32.2 Å². The van der Waals surface area contributed by atoms with Crippen LogP contribution in [0.1, 0.15) is 28.8 Å². The molecule has 158 valence electrons. The molecule has 0 fully saturated rings. The van der Waals surface area contributed by atoms with Crippen LogP contribution in [0.25, 0.3) is 0 Å². The molecule has 2 atom stereocenters. The standard InChI is InChI=1S/C19H17F3N4O4/c1-18(19(20,21)22)14-10(8-30-18)7-23-15(25-14)16(27)24-11-9-29-13-6-4-3-5-12(13)26(2)17(11)28/h3-7,11H,8-9H2,1-2H3,(H,24,27)/t11-,18-/m0/s1. The van der Waals surface area contributed by atoms with Gasteiger partial charge in [0.25, 0.3) is 11.8 Å². The van der Waals surface area contributed by atoms with Crippen LogP contribution in [0.4, 0.5) is 18.9 Å². The fraction of sp³-hybridized carbons (Fsp3) is 0.368. The Morgan fingerprint density at radius 3 is 2.80 bits per heavy atom. The monoisotopic (exact) mass is 422 g/mol. The van der Waals surface area contributed by atoms with Crippen molar-refractivity contribution in [2.24, 2.45) is 0 Å². The molecule has 2 aliphatic rings. The van der Waals surface area contributed by atoms with E-state index in [9.17, 15) is 22.8 Å². The number of carbonyl (C=O) groups is 2. The van der Waals surface area contributed by atoms with Gasteiger partial charge in [-0.1, -0.05) is 12.1 Å². The van der Waals surface area contributed by atoms with Crippen molar-refractivity contribution in [3.63, 3.8) is 0 Å². The second-order valence-electron chi connectivity index (χ2n) is 7.09. The Balaban J connectivity index is 1.57. The van der Waals surface area contributed by atoms with E-state index in [1.807, 2.05) is 0 Å². The number of para-hydroxylation sites is 2. The third-order valence-corrected chi connectivity index (χ3v) is 5.14. The van der Waals surface area contributed by atoms with E-state index in [1.54, 1.807) is 24.3 Å². The summed E-state index contributed by atoms with van der Waals surface area (Å²) in [7, 11) is 1.53. The third kappa shape index (κ3) is 3.15. The Morgan fingerprint density at radius 1 is 1.33 bits per heavy atom. The molecule has 4 rings (SSSR count). The molecule has 3 heterocycles. The molecule has 1 aromatic heterocycles. The predicted molar refractivity (Wildman–Crippen MR) is 96.8 cm³/mol. The number of benzene rings is 1. The number of carbonyl (C=O) groups excluding carboxylic acids is 2. The fourth-order valence-corrected chi connectivity index (χ4v) is 3.32. The number of anilines is 1. The summed E-state index contributed by atoms with van der Waals surface area (Å²) in [5, 5.41) is 2.45. The van der Waals surface area contributed by atoms with Crippen molar-refractivity contribution in [1.29, 1.82) is 0 Å². The van der Waals surface area contributed by atoms with Gasteiger partial charge in [0.15, 0.2) is 0 Å². The van der Waals surface area contributed by atoms with E-state index in [0.29, 0.717) is 11.4 Å². The first kappa shape index (κ1) is 20.1. The normalized spacial score (nSPS) is 23.3. The van der Waals surface area contributed by atoms with Gasteiger partial charge in [0.05, 0.1) is 18.0 Å². The summed E-state index contributed by atoms with van der Waals surface area (Å²) in [4.78, 5) is 34.3. The number of ether oxygens (including phenoxy) is 2. The minimum atomic E-state index is -4.72. The van der Waals surface area contributed by atoms with Crippen LogP contribution in [0.2, 0.25) is 0 Å². The number of hydrogen-bond acceptors (Lipinski definition) is 6. The van der Waals surface area contributed by atoms with Crippen molar-refractivity contribution in [3.05, 3.63) is 47.5 Å². The van der Waals surface area contributed by atoms with Crippen LogP contribution >= 0.6 is 0 Å². The predicted octanol–water partition coefficient (Wildman–Crippen LogP) is 1.94. The number of amides is 2. The number of nitrogens with one attached hydrogen (secondary N) is 1. The average molecular weight is 422 g/mol. The number of alkyl halides is 3. The summed E-state index contributed by atoms with van der Waals surface area (Å²) >= 11 is 0. The van der Waals surface area contributed by atoms with E-state index in [2.05, 4.69) is 15.3 Å². The molecular formula is C19H17F3N4O4. The summed E-state index contributed by atoms with van der Waals surface area (Å²) in [5.41, 5.74) is -2.37. The highest BCUT2D eigenvalue weighted by molar-refractivity contribution is 6.02. The third-order valence-electron chi connectivity index (χ3n) is 5.14. The minimum absolute atomic E-state index is 0.149. The zero-order valence-corrected chi connectivity index (χ0v) is 16.0. The molecule has 2 aromatic rings. The van der Waals surface area contributed by atoms with Crippen molar-refractivity contribution in [2.45, 2.75) is 31.3 Å². The summed E-state index contributed by atoms with van der Waals surface area (Å²) in [6.45, 7) is 0.383. The maximum atomic E-state index is 13.4. The molecule has 1 aromatic carbocycles. The van der Waals surface area contributed by atoms with Gasteiger partial charge in [0.1, 0.15) is 18.4 Å². The Bertz CT molecular complexity index is 1030. The molecule has 0 saturated carbocycles. The fourth-order valence-electron chi connectivity index (χ4n) is 3.32. The van der Waals surface area contributed by atoms with Crippen molar-refractivity contribution in [3.8, 4) is 5.75 Å². The lowest BCUT2D eigenvalue weighted by Gasteiger charge is -2.26. The highest BCUT2D eigenvalue weighted by Crippen LogP contribution is 2.46. The highest BCUT2D eigenvalue weighted by atomic mass is 19.4. The first-order valence-electron chi connectivity index (χ1n) is 8.99. The number of fused-ring (bicyclic) bond motifs is 2. The Labute approximate surface area is 169 Å². The van der Waals surface area contributed by atoms with Crippen LogP contribution < -0.4 is 15.0 Å². The molecule has 8 nitrogen and oxygen atoms in total. The van der Waals surface area contributed by atoms with E-state index in [0.717, 1.165) is 13.1 Å². The smallest absolute Gasteiger partial charge is 0.422 e. The zero-order valence-electron chi connectivity index (χ0n) is 16.0. The average Bonchev–Trinajstić information content (AvgIpc) is 3.02. The topological polar surface area (TPSA) is 93.7 Å². The second-order valence-corrected chi connectivity index (χ2v) is 7.09. The van der Waals surface area contributed by atoms with Crippen molar-refractivity contribution in [1.82, 2.24) is 15.3 Å². The highest BCUT2D eigenvalue weighted by Gasteiger charge is 2.58. The van der Waals surface area contributed by atoms with Crippen LogP contribution in [0.5, 0.6) is 5.75 Å². The number of likely N-dealkylation sites (N-methyl/N-ethyl adjacent to an activating group) is 1. The SMILES string of the molecule is CN1C(=O)[C@@H](NC(=O)c2ncc3c(n2)[C@@](C)(C(F)(F)F)OC3)COc2ccccc21. The van der Waals surface area contributed by atoms with Gasteiger partial charge in [0, 0.05) is 18.8 Å². The molecule has 0 bridgehead atoms. The van der Waals surface area contributed by atoms with Crippen LogP contribution in [0.15, 0.2) is 30.5 Å². The molecule has 11 heteroatoms. The number of nitrogens with zero attached hydrogens (tertiary/aromatic N) is 3. The number of aromatic nitrogens is 2. The molecule has 0 saturated heterocycles. The zero-order chi connectivity index (χ0) is 21.7. The molecule has 2 amide bonds. The van der Waals surface area contributed by atoms with Gasteiger partial charge < -0.3 is 19.7 Å². The van der Waals surface area contributed by atoms with E-state index < -0.39 is 41.2 Å². The van der Waals surface area contributed by atoms with Gasteiger partial charge in [-0.05, 0) is 19.1 Å². The van der Waals surface area contributed by atoms with Gasteiger partial charge in [-0.3, -0.25) is 9.59 Å². The molecule has 30 heavy (non-hydrogen) atoms. The van der Waals surface area contributed by atoms with Gasteiger partial charge >= 0.3 is 6.18 Å². The Kier molecular flexibility index (Phi) is 4.64. The first-order valence-corrected chi connectivity index (χ1v) is 8.99. The maximum absolute atomic E-state index is 13.4. The van der Waals surface area contributed by atoms with Crippen LogP contribution in [0.3, 0.4) is 0 Å². The molecule has 0 aliphatic carbocycles. The molecular weight excluding hydrogens is 405 g/mol. The van der Waals surface area contributed by atoms with E-state index in [1.165, 1.54) is 11.9 Å². The largest absolute Gasteiger partial charge is 0.489 e. The first-order chi connectivity index (χ1) is 14.1. The van der Waals surface area contributed by atoms with E-state index in [-0.39, 0.29) is 18.8 Å². The Hall–Kier alpha value is -3.21. The molecule has 0 unspecified atom stereocenters. The van der Waals surface area contributed by atoms with Gasteiger partial charge in [-0.25, -0.2) is 9.97 Å². The van der Waals surface area contributed by atoms with Gasteiger partial charge in [-0.15, -0.1) is 0 Å². The Morgan fingerprint density at radius 2 is 2.07 bits per heavy atom. The summed E-state index contributed by atoms with van der Waals surface area (Å²) in [6, 6.07) is 5.79. The van der Waals surface area contributed by atoms with Crippen molar-refractivity contribution >= 4 is 17.5 Å². The molecule has 1 N–H and O–H groups in total. The molecule has 0 radical (unpaired) electrons. The van der Waals surface area contributed by atoms with Crippen LogP contribution in [0, 0.1) is 0 Å². The lowest BCUT2D eigenvalue weighted by molar-refractivity contribution is -0.273. The molecule has 2 aliphatic heterocycles. The number of rotatable bonds is 2. The summed E-state index contributed by atoms with van der Waals surface area (Å²) in [6.07, 6.45) is -3.60. The van der Waals surface area contributed by atoms with Crippen molar-refractivity contribution in [2.75, 3.05) is 18.6 Å². The van der Waals surface area contributed by atoms with Gasteiger partial charge in [-0.2, -0.15) is 13.2 Å². The summed E-state index contributed by atoms with van der Waals surface area (Å²) < 4.78 is 50.8. The number of halogens is 3. The minimum Gasteiger partial charge on any atom is -0.489 e. The quantitative estimate of drug-likeness (QED) is 0.795. The van der Waals surface area contributed by atoms with E-state index >= 15 is 0 Å². The lowest BCUT2D eigenvalue weighted by atomic mass is 10.0. The number of hydrogen-bond donors (Lipinski definition) is 1. The molecule has 0 spiro atoms. The van der Waals surface area contributed by atoms with Crippen LogP contribution in [-0.2, 0) is 21.7 Å². The summed E-state index contributed by atoms with van der Waals surface area (Å²) in [5.74, 6) is -1.36. The maximum Gasteiger partial charge on any atom is 0.422 e. The van der Waals surface area contributed by atoms with Gasteiger partial charge in [0.2, 0.25) is 11.4 Å². The van der Waals surface area contributed by atoms with E-state index in [4.69, 9.17) is 9.47 Å². The lowest BCUT2D eigenvalue weighted by Crippen LogP contribution is -2.49.